The first-order valence-electron chi connectivity index (χ1n) is 6.44. The summed E-state index contributed by atoms with van der Waals surface area (Å²) in [7, 11) is 0. The molecule has 1 aromatic carbocycles. The molecular formula is C14H17N3O. The van der Waals surface area contributed by atoms with Crippen molar-refractivity contribution < 1.29 is 4.42 Å². The molecule has 1 aromatic heterocycles. The number of benzene rings is 1. The van der Waals surface area contributed by atoms with Crippen molar-refractivity contribution in [3.05, 3.63) is 35.7 Å². The van der Waals surface area contributed by atoms with Gasteiger partial charge in [0.2, 0.25) is 11.8 Å². The molecule has 2 aromatic rings. The van der Waals surface area contributed by atoms with Crippen molar-refractivity contribution in [1.29, 1.82) is 0 Å². The zero-order chi connectivity index (χ0) is 12.4. The second kappa shape index (κ2) is 4.90. The average Bonchev–Trinajstić information content (AvgIpc) is 3.06. The van der Waals surface area contributed by atoms with E-state index in [1.807, 2.05) is 12.1 Å². The van der Waals surface area contributed by atoms with Crippen molar-refractivity contribution in [1.82, 2.24) is 15.5 Å². The van der Waals surface area contributed by atoms with Crippen LogP contribution in [0.4, 0.5) is 0 Å². The van der Waals surface area contributed by atoms with E-state index in [4.69, 9.17) is 4.42 Å². The maximum absolute atomic E-state index is 5.66. The first-order valence-corrected chi connectivity index (χ1v) is 6.44. The number of aryl methyl sites for hydroxylation is 1. The van der Waals surface area contributed by atoms with Gasteiger partial charge in [-0.25, -0.2) is 0 Å². The van der Waals surface area contributed by atoms with Crippen LogP contribution in [0.5, 0.6) is 0 Å². The van der Waals surface area contributed by atoms with Crippen molar-refractivity contribution in [2.45, 2.75) is 32.2 Å². The van der Waals surface area contributed by atoms with E-state index in [1.54, 1.807) is 0 Å². The fraction of sp³-hybridized carbons (Fsp3) is 0.429. The lowest BCUT2D eigenvalue weighted by Crippen LogP contribution is -2.19. The lowest BCUT2D eigenvalue weighted by Gasteiger charge is -1.98. The van der Waals surface area contributed by atoms with Gasteiger partial charge in [-0.05, 0) is 31.9 Å². The van der Waals surface area contributed by atoms with Gasteiger partial charge in [-0.2, -0.15) is 0 Å². The van der Waals surface area contributed by atoms with Gasteiger partial charge in [-0.15, -0.1) is 10.2 Å². The third-order valence-corrected chi connectivity index (χ3v) is 3.08. The number of nitrogens with zero attached hydrogens (tertiary/aromatic N) is 2. The molecule has 18 heavy (non-hydrogen) atoms. The Labute approximate surface area is 106 Å². The smallest absolute Gasteiger partial charge is 0.247 e. The molecule has 0 unspecified atom stereocenters. The van der Waals surface area contributed by atoms with Gasteiger partial charge >= 0.3 is 0 Å². The van der Waals surface area contributed by atoms with Crippen LogP contribution in [-0.2, 0) is 6.42 Å². The molecule has 0 aliphatic heterocycles. The Balaban J connectivity index is 1.64. The Hall–Kier alpha value is -1.68. The molecule has 0 saturated heterocycles. The van der Waals surface area contributed by atoms with Gasteiger partial charge < -0.3 is 9.73 Å². The van der Waals surface area contributed by atoms with E-state index < -0.39 is 0 Å². The molecule has 1 aliphatic carbocycles. The Bertz CT molecular complexity index is 531. The summed E-state index contributed by atoms with van der Waals surface area (Å²) in [5.74, 6) is 1.32. The van der Waals surface area contributed by atoms with Crippen LogP contribution in [-0.4, -0.2) is 22.8 Å². The van der Waals surface area contributed by atoms with E-state index in [-0.39, 0.29) is 0 Å². The van der Waals surface area contributed by atoms with Crippen LogP contribution in [0.3, 0.4) is 0 Å². The minimum absolute atomic E-state index is 0.611. The van der Waals surface area contributed by atoms with Crippen LogP contribution in [0.1, 0.15) is 24.3 Å². The van der Waals surface area contributed by atoms with E-state index in [2.05, 4.69) is 34.6 Å². The minimum atomic E-state index is 0.611. The van der Waals surface area contributed by atoms with Gasteiger partial charge in [0, 0.05) is 24.6 Å². The van der Waals surface area contributed by atoms with Crippen molar-refractivity contribution >= 4 is 0 Å². The highest BCUT2D eigenvalue weighted by Gasteiger charge is 2.20. The lowest BCUT2D eigenvalue weighted by molar-refractivity contribution is 0.494. The quantitative estimate of drug-likeness (QED) is 0.875. The van der Waals surface area contributed by atoms with E-state index in [9.17, 15) is 0 Å². The number of hydrogen-bond acceptors (Lipinski definition) is 4. The van der Waals surface area contributed by atoms with Crippen LogP contribution in [0.25, 0.3) is 11.5 Å². The molecule has 4 nitrogen and oxygen atoms in total. The number of nitrogens with one attached hydrogen (secondary N) is 1. The maximum atomic E-state index is 5.66. The molecule has 0 amide bonds. The molecular weight excluding hydrogens is 226 g/mol. The summed E-state index contributed by atoms with van der Waals surface area (Å²) >= 11 is 0. The van der Waals surface area contributed by atoms with Gasteiger partial charge in [-0.3, -0.25) is 0 Å². The third-order valence-electron chi connectivity index (χ3n) is 3.08. The first kappa shape index (κ1) is 11.4. The number of hydrogen-bond donors (Lipinski definition) is 1. The molecule has 0 bridgehead atoms. The Morgan fingerprint density at radius 3 is 3.00 bits per heavy atom. The predicted molar refractivity (Wildman–Crippen MR) is 69.2 cm³/mol. The highest BCUT2D eigenvalue weighted by molar-refractivity contribution is 5.53. The number of aromatic nitrogens is 2. The molecule has 0 spiro atoms. The van der Waals surface area contributed by atoms with Crippen LogP contribution in [0.2, 0.25) is 0 Å². The van der Waals surface area contributed by atoms with Crippen LogP contribution < -0.4 is 5.32 Å². The van der Waals surface area contributed by atoms with Crippen molar-refractivity contribution in [2.24, 2.45) is 0 Å². The maximum Gasteiger partial charge on any atom is 0.247 e. The lowest BCUT2D eigenvalue weighted by atomic mass is 10.1. The summed E-state index contributed by atoms with van der Waals surface area (Å²) in [6.45, 7) is 2.97. The average molecular weight is 243 g/mol. The highest BCUT2D eigenvalue weighted by atomic mass is 16.4. The van der Waals surface area contributed by atoms with Gasteiger partial charge in [0.1, 0.15) is 0 Å². The second-order valence-electron chi connectivity index (χ2n) is 4.85. The molecule has 0 atom stereocenters. The van der Waals surface area contributed by atoms with E-state index >= 15 is 0 Å². The van der Waals surface area contributed by atoms with Gasteiger partial charge in [0.05, 0.1) is 0 Å². The molecule has 1 heterocycles. The van der Waals surface area contributed by atoms with E-state index in [0.717, 1.165) is 24.6 Å². The summed E-state index contributed by atoms with van der Waals surface area (Å²) in [5.41, 5.74) is 2.19. The summed E-state index contributed by atoms with van der Waals surface area (Å²) < 4.78 is 5.66. The first-order chi connectivity index (χ1) is 8.81. The topological polar surface area (TPSA) is 51.0 Å². The Kier molecular flexibility index (Phi) is 3.11. The Morgan fingerprint density at radius 2 is 2.22 bits per heavy atom. The normalized spacial score (nSPS) is 14.9. The molecule has 1 aliphatic rings. The zero-order valence-electron chi connectivity index (χ0n) is 10.5. The van der Waals surface area contributed by atoms with E-state index in [1.165, 1.54) is 18.4 Å². The highest BCUT2D eigenvalue weighted by Crippen LogP contribution is 2.20. The van der Waals surface area contributed by atoms with Crippen LogP contribution >= 0.6 is 0 Å². The largest absolute Gasteiger partial charge is 0.421 e. The predicted octanol–water partition coefficient (Wildman–Crippen LogP) is 2.34. The van der Waals surface area contributed by atoms with Crippen molar-refractivity contribution in [3.63, 3.8) is 0 Å². The van der Waals surface area contributed by atoms with Crippen molar-refractivity contribution in [3.8, 4) is 11.5 Å². The van der Waals surface area contributed by atoms with Gasteiger partial charge in [-0.1, -0.05) is 17.7 Å². The Morgan fingerprint density at radius 1 is 1.33 bits per heavy atom. The standard InChI is InChI=1S/C14H17N3O/c1-10-3-2-4-11(9-10)14-17-16-13(18-14)7-8-15-12-5-6-12/h2-4,9,12,15H,5-8H2,1H3. The summed E-state index contributed by atoms with van der Waals surface area (Å²) in [5, 5.41) is 11.6. The van der Waals surface area contributed by atoms with Crippen LogP contribution in [0.15, 0.2) is 28.7 Å². The fourth-order valence-corrected chi connectivity index (χ4v) is 1.92. The molecule has 3 rings (SSSR count). The number of rotatable bonds is 5. The monoisotopic (exact) mass is 243 g/mol. The molecule has 0 radical (unpaired) electrons. The van der Waals surface area contributed by atoms with Crippen molar-refractivity contribution in [2.75, 3.05) is 6.54 Å². The van der Waals surface area contributed by atoms with E-state index in [0.29, 0.717) is 11.8 Å². The summed E-state index contributed by atoms with van der Waals surface area (Å²) in [6, 6.07) is 8.83. The fourth-order valence-electron chi connectivity index (χ4n) is 1.92. The summed E-state index contributed by atoms with van der Waals surface area (Å²) in [4.78, 5) is 0. The van der Waals surface area contributed by atoms with Gasteiger partial charge in [0.15, 0.2) is 0 Å². The third kappa shape index (κ3) is 2.76. The molecule has 94 valence electrons. The SMILES string of the molecule is Cc1cccc(-c2nnc(CCNC3CC3)o2)c1. The molecule has 4 heteroatoms. The molecule has 1 saturated carbocycles. The molecule has 1 N–H and O–H groups in total. The second-order valence-corrected chi connectivity index (χ2v) is 4.85. The molecule has 1 fully saturated rings. The zero-order valence-corrected chi connectivity index (χ0v) is 10.5. The summed E-state index contributed by atoms with van der Waals surface area (Å²) in [6.07, 6.45) is 3.41. The van der Waals surface area contributed by atoms with Crippen LogP contribution in [0, 0.1) is 6.92 Å². The van der Waals surface area contributed by atoms with Gasteiger partial charge in [0.25, 0.3) is 0 Å². The minimum Gasteiger partial charge on any atom is -0.421 e.